The first-order chi connectivity index (χ1) is 11.8. The van der Waals surface area contributed by atoms with Gasteiger partial charge in [-0.15, -0.1) is 0 Å². The van der Waals surface area contributed by atoms with Gasteiger partial charge in [0.05, 0.1) is 5.56 Å². The number of hydrogen-bond acceptors (Lipinski definition) is 4. The second kappa shape index (κ2) is 8.01. The van der Waals surface area contributed by atoms with Crippen molar-refractivity contribution in [2.45, 2.75) is 40.2 Å². The SMILES string of the molecule is CCN(CC)c1ccc(Nc2ccc(C(=O)NC(C)(C)C)cn2)cc1. The largest absolute Gasteiger partial charge is 0.372 e. The molecule has 2 N–H and O–H groups in total. The van der Waals surface area contributed by atoms with E-state index in [1.165, 1.54) is 5.69 Å². The van der Waals surface area contributed by atoms with E-state index >= 15 is 0 Å². The molecule has 2 rings (SSSR count). The fraction of sp³-hybridized carbons (Fsp3) is 0.400. The molecule has 0 aliphatic carbocycles. The Kier molecular flexibility index (Phi) is 6.02. The van der Waals surface area contributed by atoms with Crippen molar-refractivity contribution < 1.29 is 4.79 Å². The lowest BCUT2D eigenvalue weighted by molar-refractivity contribution is 0.0919. The van der Waals surface area contributed by atoms with E-state index < -0.39 is 0 Å². The van der Waals surface area contributed by atoms with E-state index in [9.17, 15) is 4.79 Å². The molecule has 0 saturated carbocycles. The molecule has 0 radical (unpaired) electrons. The van der Waals surface area contributed by atoms with Crippen LogP contribution < -0.4 is 15.5 Å². The van der Waals surface area contributed by atoms with Gasteiger partial charge in [-0.25, -0.2) is 4.98 Å². The predicted octanol–water partition coefficient (Wildman–Crippen LogP) is 4.20. The molecular weight excluding hydrogens is 312 g/mol. The Labute approximate surface area is 150 Å². The Morgan fingerprint density at radius 3 is 2.16 bits per heavy atom. The zero-order valence-corrected chi connectivity index (χ0v) is 15.8. The number of benzene rings is 1. The molecule has 5 heteroatoms. The van der Waals surface area contributed by atoms with Gasteiger partial charge in [-0.05, 0) is 71.0 Å². The van der Waals surface area contributed by atoms with Crippen LogP contribution in [0.3, 0.4) is 0 Å². The van der Waals surface area contributed by atoms with E-state index in [0.29, 0.717) is 11.4 Å². The molecule has 0 atom stereocenters. The monoisotopic (exact) mass is 340 g/mol. The molecule has 25 heavy (non-hydrogen) atoms. The molecule has 0 unspecified atom stereocenters. The predicted molar refractivity (Wildman–Crippen MR) is 105 cm³/mol. The number of aromatic nitrogens is 1. The third kappa shape index (κ3) is 5.48. The molecule has 134 valence electrons. The van der Waals surface area contributed by atoms with Gasteiger partial charge in [0.1, 0.15) is 5.82 Å². The zero-order valence-electron chi connectivity index (χ0n) is 15.8. The topological polar surface area (TPSA) is 57.3 Å². The third-order valence-electron chi connectivity index (χ3n) is 3.78. The molecule has 0 aliphatic rings. The van der Waals surface area contributed by atoms with Gasteiger partial charge in [0, 0.05) is 36.2 Å². The fourth-order valence-corrected chi connectivity index (χ4v) is 2.51. The Hall–Kier alpha value is -2.56. The van der Waals surface area contributed by atoms with E-state index in [1.54, 1.807) is 12.3 Å². The number of amides is 1. The van der Waals surface area contributed by atoms with Crippen molar-refractivity contribution in [3.63, 3.8) is 0 Å². The normalized spacial score (nSPS) is 11.1. The lowest BCUT2D eigenvalue weighted by Crippen LogP contribution is -2.40. The van der Waals surface area contributed by atoms with Gasteiger partial charge in [-0.1, -0.05) is 0 Å². The first-order valence-corrected chi connectivity index (χ1v) is 8.73. The Morgan fingerprint density at radius 2 is 1.68 bits per heavy atom. The van der Waals surface area contributed by atoms with E-state index in [1.807, 2.05) is 39.0 Å². The average Bonchev–Trinajstić information content (AvgIpc) is 2.56. The first-order valence-electron chi connectivity index (χ1n) is 8.73. The van der Waals surface area contributed by atoms with Crippen LogP contribution in [-0.2, 0) is 0 Å². The van der Waals surface area contributed by atoms with Crippen LogP contribution in [0, 0.1) is 0 Å². The molecule has 0 bridgehead atoms. The molecule has 0 saturated heterocycles. The summed E-state index contributed by atoms with van der Waals surface area (Å²) in [4.78, 5) is 18.7. The first kappa shape index (κ1) is 18.8. The summed E-state index contributed by atoms with van der Waals surface area (Å²) in [6.07, 6.45) is 1.59. The van der Waals surface area contributed by atoms with Crippen LogP contribution in [0.25, 0.3) is 0 Å². The summed E-state index contributed by atoms with van der Waals surface area (Å²) >= 11 is 0. The summed E-state index contributed by atoms with van der Waals surface area (Å²) in [6, 6.07) is 11.9. The second-order valence-corrected chi connectivity index (χ2v) is 6.98. The molecule has 1 aromatic carbocycles. The molecule has 1 heterocycles. The smallest absolute Gasteiger partial charge is 0.253 e. The second-order valence-electron chi connectivity index (χ2n) is 6.98. The molecule has 1 aromatic heterocycles. The maximum absolute atomic E-state index is 12.1. The molecule has 5 nitrogen and oxygen atoms in total. The molecule has 0 fully saturated rings. The van der Waals surface area contributed by atoms with Gasteiger partial charge >= 0.3 is 0 Å². The number of hydrogen-bond donors (Lipinski definition) is 2. The van der Waals surface area contributed by atoms with Gasteiger partial charge < -0.3 is 15.5 Å². The van der Waals surface area contributed by atoms with Gasteiger partial charge in [0.2, 0.25) is 0 Å². The van der Waals surface area contributed by atoms with E-state index in [4.69, 9.17) is 0 Å². The van der Waals surface area contributed by atoms with Gasteiger partial charge in [-0.3, -0.25) is 4.79 Å². The van der Waals surface area contributed by atoms with Crippen LogP contribution in [0.1, 0.15) is 45.0 Å². The van der Waals surface area contributed by atoms with Crippen molar-refractivity contribution in [2.75, 3.05) is 23.3 Å². The van der Waals surface area contributed by atoms with Crippen molar-refractivity contribution in [3.8, 4) is 0 Å². The number of nitrogens with zero attached hydrogens (tertiary/aromatic N) is 2. The fourth-order valence-electron chi connectivity index (χ4n) is 2.51. The lowest BCUT2D eigenvalue weighted by Gasteiger charge is -2.21. The van der Waals surface area contributed by atoms with Crippen LogP contribution in [-0.4, -0.2) is 29.5 Å². The molecule has 2 aromatic rings. The van der Waals surface area contributed by atoms with Gasteiger partial charge in [0.15, 0.2) is 0 Å². The number of carbonyl (C=O) groups excluding carboxylic acids is 1. The zero-order chi connectivity index (χ0) is 18.4. The number of nitrogens with one attached hydrogen (secondary N) is 2. The van der Waals surface area contributed by atoms with Crippen molar-refractivity contribution in [2.24, 2.45) is 0 Å². The van der Waals surface area contributed by atoms with Gasteiger partial charge in [-0.2, -0.15) is 0 Å². The minimum absolute atomic E-state index is 0.116. The third-order valence-corrected chi connectivity index (χ3v) is 3.78. The minimum atomic E-state index is -0.263. The van der Waals surface area contributed by atoms with E-state index in [0.717, 1.165) is 18.8 Å². The van der Waals surface area contributed by atoms with Crippen LogP contribution in [0.5, 0.6) is 0 Å². The highest BCUT2D eigenvalue weighted by molar-refractivity contribution is 5.94. The average molecular weight is 340 g/mol. The van der Waals surface area contributed by atoms with E-state index in [2.05, 4.69) is 46.5 Å². The standard InChI is InChI=1S/C20H28N4O/c1-6-24(7-2)17-11-9-16(10-12-17)22-18-13-8-15(14-21-18)19(25)23-20(3,4)5/h8-14H,6-7H2,1-5H3,(H,21,22)(H,23,25). The summed E-state index contributed by atoms with van der Waals surface area (Å²) < 4.78 is 0. The highest BCUT2D eigenvalue weighted by atomic mass is 16.1. The van der Waals surface area contributed by atoms with Crippen molar-refractivity contribution in [3.05, 3.63) is 48.2 Å². The van der Waals surface area contributed by atoms with Crippen molar-refractivity contribution in [1.82, 2.24) is 10.3 Å². The number of anilines is 3. The minimum Gasteiger partial charge on any atom is -0.372 e. The van der Waals surface area contributed by atoms with Crippen LogP contribution in [0.2, 0.25) is 0 Å². The van der Waals surface area contributed by atoms with Crippen LogP contribution in [0.4, 0.5) is 17.2 Å². The van der Waals surface area contributed by atoms with Crippen molar-refractivity contribution >= 4 is 23.1 Å². The maximum Gasteiger partial charge on any atom is 0.253 e. The summed E-state index contributed by atoms with van der Waals surface area (Å²) in [5.41, 5.74) is 2.46. The Morgan fingerprint density at radius 1 is 1.04 bits per heavy atom. The highest BCUT2D eigenvalue weighted by Gasteiger charge is 2.15. The molecular formula is C20H28N4O. The summed E-state index contributed by atoms with van der Waals surface area (Å²) in [6.45, 7) is 12.1. The molecule has 1 amide bonds. The quantitative estimate of drug-likeness (QED) is 0.827. The summed E-state index contributed by atoms with van der Waals surface area (Å²) in [5.74, 6) is 0.595. The highest BCUT2D eigenvalue weighted by Crippen LogP contribution is 2.20. The molecule has 0 aliphatic heterocycles. The number of pyridine rings is 1. The number of rotatable bonds is 6. The van der Waals surface area contributed by atoms with Gasteiger partial charge in [0.25, 0.3) is 5.91 Å². The lowest BCUT2D eigenvalue weighted by atomic mass is 10.1. The van der Waals surface area contributed by atoms with E-state index in [-0.39, 0.29) is 11.4 Å². The van der Waals surface area contributed by atoms with Crippen molar-refractivity contribution in [1.29, 1.82) is 0 Å². The Balaban J connectivity index is 2.02. The number of carbonyl (C=O) groups is 1. The molecule has 0 spiro atoms. The maximum atomic E-state index is 12.1. The Bertz CT molecular complexity index is 683. The summed E-state index contributed by atoms with van der Waals surface area (Å²) in [5, 5.41) is 6.19. The summed E-state index contributed by atoms with van der Waals surface area (Å²) in [7, 11) is 0. The van der Waals surface area contributed by atoms with Crippen LogP contribution >= 0.6 is 0 Å². The van der Waals surface area contributed by atoms with Crippen LogP contribution in [0.15, 0.2) is 42.6 Å².